The normalized spacial score (nSPS) is 18.8. The number of carbonyl (C=O) groups excluding carboxylic acids is 2. The number of hydrogen-bond acceptors (Lipinski definition) is 3. The number of nitrogens with zero attached hydrogens (tertiary/aromatic N) is 2. The summed E-state index contributed by atoms with van der Waals surface area (Å²) in [4.78, 5) is 38.9. The van der Waals surface area contributed by atoms with Gasteiger partial charge in [0.05, 0.1) is 18.4 Å². The zero-order chi connectivity index (χ0) is 17.7. The van der Waals surface area contributed by atoms with Gasteiger partial charge in [0.15, 0.2) is 0 Å². The van der Waals surface area contributed by atoms with Crippen molar-refractivity contribution in [2.75, 3.05) is 26.7 Å². The Kier molecular flexibility index (Phi) is 5.95. The summed E-state index contributed by atoms with van der Waals surface area (Å²) >= 11 is 0. The Morgan fingerprint density at radius 1 is 1.29 bits per heavy atom. The van der Waals surface area contributed by atoms with Gasteiger partial charge < -0.3 is 14.9 Å². The Morgan fingerprint density at radius 3 is 2.58 bits per heavy atom. The second kappa shape index (κ2) is 7.95. The van der Waals surface area contributed by atoms with E-state index in [2.05, 4.69) is 0 Å². The summed E-state index contributed by atoms with van der Waals surface area (Å²) in [6, 6.07) is 9.43. The molecule has 24 heavy (non-hydrogen) atoms. The minimum atomic E-state index is -0.866. The molecule has 130 valence electrons. The van der Waals surface area contributed by atoms with E-state index < -0.39 is 11.9 Å². The van der Waals surface area contributed by atoms with Crippen molar-refractivity contribution < 1.29 is 19.5 Å². The quantitative estimate of drug-likeness (QED) is 0.888. The van der Waals surface area contributed by atoms with E-state index in [0.717, 1.165) is 5.56 Å². The minimum absolute atomic E-state index is 0.0255. The second-order valence-electron chi connectivity index (χ2n) is 6.34. The standard InChI is InChI=1S/C18H24N2O4/c1-13(14-7-4-3-5-8-14)17(22)19(2)12-16(21)20-10-6-9-15(11-20)18(23)24/h3-5,7-8,13,15H,6,9-12H2,1-2H3,(H,23,24)/t13-,15?/m0/s1. The van der Waals surface area contributed by atoms with Crippen LogP contribution in [0.25, 0.3) is 0 Å². The molecule has 1 unspecified atom stereocenters. The largest absolute Gasteiger partial charge is 0.481 e. The predicted molar refractivity (Wildman–Crippen MR) is 89.4 cm³/mol. The van der Waals surface area contributed by atoms with Gasteiger partial charge in [-0.3, -0.25) is 14.4 Å². The lowest BCUT2D eigenvalue weighted by molar-refractivity contribution is -0.147. The first-order valence-corrected chi connectivity index (χ1v) is 8.20. The number of aliphatic carboxylic acids is 1. The molecule has 0 spiro atoms. The van der Waals surface area contributed by atoms with Crippen LogP contribution in [0.15, 0.2) is 30.3 Å². The molecule has 2 atom stereocenters. The highest BCUT2D eigenvalue weighted by Crippen LogP contribution is 2.19. The molecule has 1 heterocycles. The third kappa shape index (κ3) is 4.34. The van der Waals surface area contributed by atoms with E-state index >= 15 is 0 Å². The van der Waals surface area contributed by atoms with Gasteiger partial charge in [-0.2, -0.15) is 0 Å². The maximum Gasteiger partial charge on any atom is 0.308 e. The maximum atomic E-state index is 12.5. The van der Waals surface area contributed by atoms with Crippen molar-refractivity contribution in [2.24, 2.45) is 5.92 Å². The average Bonchev–Trinajstić information content (AvgIpc) is 2.61. The zero-order valence-corrected chi connectivity index (χ0v) is 14.1. The van der Waals surface area contributed by atoms with E-state index in [1.165, 1.54) is 4.90 Å². The summed E-state index contributed by atoms with van der Waals surface area (Å²) in [6.07, 6.45) is 1.28. The van der Waals surface area contributed by atoms with Gasteiger partial charge in [0.2, 0.25) is 11.8 Å². The third-order valence-corrected chi connectivity index (χ3v) is 4.54. The fourth-order valence-corrected chi connectivity index (χ4v) is 3.00. The molecule has 0 saturated carbocycles. The first-order chi connectivity index (χ1) is 11.4. The van der Waals surface area contributed by atoms with Crippen LogP contribution in [0, 0.1) is 5.92 Å². The summed E-state index contributed by atoms with van der Waals surface area (Å²) in [6.45, 7) is 2.58. The highest BCUT2D eigenvalue weighted by atomic mass is 16.4. The Bertz CT molecular complexity index is 602. The summed E-state index contributed by atoms with van der Waals surface area (Å²) in [5.74, 6) is -2.02. The van der Waals surface area contributed by atoms with Crippen LogP contribution in [-0.4, -0.2) is 59.4 Å². The van der Waals surface area contributed by atoms with Crippen molar-refractivity contribution in [3.63, 3.8) is 0 Å². The van der Waals surface area contributed by atoms with Gasteiger partial charge >= 0.3 is 5.97 Å². The lowest BCUT2D eigenvalue weighted by Crippen LogP contribution is -2.47. The van der Waals surface area contributed by atoms with E-state index in [1.807, 2.05) is 37.3 Å². The monoisotopic (exact) mass is 332 g/mol. The van der Waals surface area contributed by atoms with Gasteiger partial charge in [0.25, 0.3) is 0 Å². The molecule has 0 bridgehead atoms. The summed E-state index contributed by atoms with van der Waals surface area (Å²) in [5, 5.41) is 9.10. The summed E-state index contributed by atoms with van der Waals surface area (Å²) in [7, 11) is 1.61. The molecule has 2 amide bonds. The zero-order valence-electron chi connectivity index (χ0n) is 14.1. The van der Waals surface area contributed by atoms with Gasteiger partial charge in [0.1, 0.15) is 0 Å². The molecule has 0 aliphatic carbocycles. The topological polar surface area (TPSA) is 77.9 Å². The number of benzene rings is 1. The first kappa shape index (κ1) is 18.0. The third-order valence-electron chi connectivity index (χ3n) is 4.54. The molecular weight excluding hydrogens is 308 g/mol. The van der Waals surface area contributed by atoms with Gasteiger partial charge in [-0.05, 0) is 25.3 Å². The molecule has 1 fully saturated rings. The second-order valence-corrected chi connectivity index (χ2v) is 6.34. The van der Waals surface area contributed by atoms with Gasteiger partial charge in [-0.1, -0.05) is 30.3 Å². The van der Waals surface area contributed by atoms with Crippen molar-refractivity contribution in [3.05, 3.63) is 35.9 Å². The van der Waals surface area contributed by atoms with Crippen molar-refractivity contribution in [1.82, 2.24) is 9.80 Å². The van der Waals surface area contributed by atoms with Crippen molar-refractivity contribution in [1.29, 1.82) is 0 Å². The molecule has 1 aromatic carbocycles. The Labute approximate surface area is 142 Å². The summed E-state index contributed by atoms with van der Waals surface area (Å²) in [5.41, 5.74) is 0.908. The van der Waals surface area contributed by atoms with Crippen molar-refractivity contribution >= 4 is 17.8 Å². The van der Waals surface area contributed by atoms with Crippen LogP contribution in [-0.2, 0) is 14.4 Å². The number of piperidine rings is 1. The van der Waals surface area contributed by atoms with Crippen molar-refractivity contribution in [2.45, 2.75) is 25.7 Å². The van der Waals surface area contributed by atoms with Crippen LogP contribution in [0.3, 0.4) is 0 Å². The Balaban J connectivity index is 1.93. The van der Waals surface area contributed by atoms with Gasteiger partial charge in [0, 0.05) is 20.1 Å². The lowest BCUT2D eigenvalue weighted by atomic mass is 9.98. The number of carboxylic acids is 1. The van der Waals surface area contributed by atoms with Crippen LogP contribution >= 0.6 is 0 Å². The van der Waals surface area contributed by atoms with Crippen LogP contribution < -0.4 is 0 Å². The highest BCUT2D eigenvalue weighted by molar-refractivity contribution is 5.88. The number of rotatable bonds is 5. The molecule has 0 aromatic heterocycles. The van der Waals surface area contributed by atoms with E-state index in [9.17, 15) is 14.4 Å². The maximum absolute atomic E-state index is 12.5. The number of carbonyl (C=O) groups is 3. The molecule has 1 N–H and O–H groups in total. The first-order valence-electron chi connectivity index (χ1n) is 8.20. The smallest absolute Gasteiger partial charge is 0.308 e. The SMILES string of the molecule is C[C@H](C(=O)N(C)CC(=O)N1CCCC(C(=O)O)C1)c1ccccc1. The fraction of sp³-hybridized carbons (Fsp3) is 0.500. The number of carboxylic acid groups (broad SMARTS) is 1. The molecule has 6 nitrogen and oxygen atoms in total. The Morgan fingerprint density at radius 2 is 1.96 bits per heavy atom. The van der Waals surface area contributed by atoms with Crippen LogP contribution in [0.4, 0.5) is 0 Å². The molecule has 2 rings (SSSR count). The van der Waals surface area contributed by atoms with E-state index in [1.54, 1.807) is 11.9 Å². The molecule has 1 aliphatic heterocycles. The van der Waals surface area contributed by atoms with Gasteiger partial charge in [-0.15, -0.1) is 0 Å². The molecular formula is C18H24N2O4. The molecule has 6 heteroatoms. The van der Waals surface area contributed by atoms with E-state index in [0.29, 0.717) is 19.4 Å². The molecule has 0 radical (unpaired) electrons. The number of hydrogen-bond donors (Lipinski definition) is 1. The van der Waals surface area contributed by atoms with E-state index in [-0.39, 0.29) is 30.8 Å². The minimum Gasteiger partial charge on any atom is -0.481 e. The van der Waals surface area contributed by atoms with Crippen LogP contribution in [0.5, 0.6) is 0 Å². The predicted octanol–water partition coefficient (Wildman–Crippen LogP) is 1.57. The van der Waals surface area contributed by atoms with Crippen LogP contribution in [0.2, 0.25) is 0 Å². The number of amides is 2. The molecule has 1 aliphatic rings. The van der Waals surface area contributed by atoms with E-state index in [4.69, 9.17) is 5.11 Å². The molecule has 1 aromatic rings. The number of likely N-dealkylation sites (tertiary alicyclic amines) is 1. The number of likely N-dealkylation sites (N-methyl/N-ethyl adjacent to an activating group) is 1. The van der Waals surface area contributed by atoms with Crippen LogP contribution in [0.1, 0.15) is 31.2 Å². The fourth-order valence-electron chi connectivity index (χ4n) is 3.00. The Hall–Kier alpha value is -2.37. The highest BCUT2D eigenvalue weighted by Gasteiger charge is 2.29. The molecule has 1 saturated heterocycles. The lowest BCUT2D eigenvalue weighted by Gasteiger charge is -2.32. The summed E-state index contributed by atoms with van der Waals surface area (Å²) < 4.78 is 0. The average molecular weight is 332 g/mol. The van der Waals surface area contributed by atoms with Gasteiger partial charge in [-0.25, -0.2) is 0 Å². The van der Waals surface area contributed by atoms with Crippen molar-refractivity contribution in [3.8, 4) is 0 Å².